The molecule has 2 atom stereocenters. The van der Waals surface area contributed by atoms with Crippen molar-refractivity contribution in [1.29, 1.82) is 0 Å². The number of likely N-dealkylation sites (tertiary alicyclic amines) is 1. The Morgan fingerprint density at radius 2 is 1.91 bits per heavy atom. The first-order valence-electron chi connectivity index (χ1n) is 9.38. The van der Waals surface area contributed by atoms with E-state index in [9.17, 15) is 4.39 Å². The second-order valence-corrected chi connectivity index (χ2v) is 7.52. The average Bonchev–Trinajstić information content (AvgIpc) is 2.57. The van der Waals surface area contributed by atoms with Gasteiger partial charge in [-0.05, 0) is 81.8 Å². The molecular formula is C20H31FN2. The molecule has 3 heteroatoms. The fourth-order valence-corrected chi connectivity index (χ4v) is 4.51. The number of piperidine rings is 1. The molecule has 3 rings (SSSR count). The fourth-order valence-electron chi connectivity index (χ4n) is 4.51. The van der Waals surface area contributed by atoms with Crippen molar-refractivity contribution in [3.63, 3.8) is 0 Å². The van der Waals surface area contributed by atoms with Crippen LogP contribution in [0.2, 0.25) is 0 Å². The summed E-state index contributed by atoms with van der Waals surface area (Å²) in [6, 6.07) is 7.85. The number of hydrogen-bond acceptors (Lipinski definition) is 2. The van der Waals surface area contributed by atoms with Crippen LogP contribution >= 0.6 is 0 Å². The molecule has 1 aliphatic heterocycles. The average molecular weight is 318 g/mol. The molecule has 0 spiro atoms. The molecule has 2 fully saturated rings. The number of nitrogens with one attached hydrogen (secondary N) is 1. The van der Waals surface area contributed by atoms with Crippen LogP contribution in [0.15, 0.2) is 24.3 Å². The highest BCUT2D eigenvalue weighted by Gasteiger charge is 2.27. The topological polar surface area (TPSA) is 15.3 Å². The Bertz CT molecular complexity index is 482. The lowest BCUT2D eigenvalue weighted by atomic mass is 9.83. The lowest BCUT2D eigenvalue weighted by Gasteiger charge is -2.38. The van der Waals surface area contributed by atoms with Crippen LogP contribution in [-0.4, -0.2) is 37.6 Å². The molecule has 2 nitrogen and oxygen atoms in total. The van der Waals surface area contributed by atoms with Crippen molar-refractivity contribution in [1.82, 2.24) is 10.2 Å². The van der Waals surface area contributed by atoms with Crippen molar-refractivity contribution in [3.8, 4) is 0 Å². The van der Waals surface area contributed by atoms with Gasteiger partial charge in [0, 0.05) is 12.6 Å². The molecule has 0 amide bonds. The van der Waals surface area contributed by atoms with Gasteiger partial charge in [-0.25, -0.2) is 4.39 Å². The Balaban J connectivity index is 1.45. The predicted molar refractivity (Wildman–Crippen MR) is 94.1 cm³/mol. The first-order chi connectivity index (χ1) is 11.2. The van der Waals surface area contributed by atoms with E-state index >= 15 is 0 Å². The van der Waals surface area contributed by atoms with Crippen LogP contribution in [0, 0.1) is 17.7 Å². The summed E-state index contributed by atoms with van der Waals surface area (Å²) >= 11 is 0. The third-order valence-electron chi connectivity index (χ3n) is 5.89. The molecule has 0 radical (unpaired) electrons. The van der Waals surface area contributed by atoms with E-state index in [0.29, 0.717) is 6.04 Å². The molecule has 1 N–H and O–H groups in total. The van der Waals surface area contributed by atoms with Gasteiger partial charge in [0.2, 0.25) is 0 Å². The maximum atomic E-state index is 13.3. The smallest absolute Gasteiger partial charge is 0.123 e. The van der Waals surface area contributed by atoms with Gasteiger partial charge in [-0.1, -0.05) is 25.0 Å². The van der Waals surface area contributed by atoms with Gasteiger partial charge >= 0.3 is 0 Å². The third kappa shape index (κ3) is 4.77. The Morgan fingerprint density at radius 3 is 2.65 bits per heavy atom. The summed E-state index contributed by atoms with van der Waals surface area (Å²) in [5.41, 5.74) is 1.16. The van der Waals surface area contributed by atoms with Gasteiger partial charge in [0.25, 0.3) is 0 Å². The van der Waals surface area contributed by atoms with E-state index in [1.807, 2.05) is 6.07 Å². The molecule has 0 bridgehead atoms. The number of hydrogen-bond donors (Lipinski definition) is 1. The number of nitrogens with zero attached hydrogens (tertiary/aromatic N) is 1. The van der Waals surface area contributed by atoms with Crippen LogP contribution < -0.4 is 5.32 Å². The molecule has 1 saturated carbocycles. The molecule has 128 valence electrons. The first-order valence-corrected chi connectivity index (χ1v) is 9.38. The predicted octanol–water partition coefficient (Wildman–Crippen LogP) is 3.86. The molecule has 1 saturated heterocycles. The minimum absolute atomic E-state index is 0.102. The summed E-state index contributed by atoms with van der Waals surface area (Å²) in [5, 5.41) is 3.53. The van der Waals surface area contributed by atoms with Gasteiger partial charge in [0.1, 0.15) is 5.82 Å². The molecule has 1 heterocycles. The molecule has 1 aromatic carbocycles. The Morgan fingerprint density at radius 1 is 1.13 bits per heavy atom. The third-order valence-corrected chi connectivity index (χ3v) is 5.89. The van der Waals surface area contributed by atoms with E-state index in [0.717, 1.165) is 23.8 Å². The second kappa shape index (κ2) is 8.25. The molecule has 0 unspecified atom stereocenters. The maximum Gasteiger partial charge on any atom is 0.123 e. The van der Waals surface area contributed by atoms with Gasteiger partial charge in [-0.2, -0.15) is 0 Å². The van der Waals surface area contributed by atoms with Gasteiger partial charge in [-0.3, -0.25) is 0 Å². The minimum atomic E-state index is -0.102. The quantitative estimate of drug-likeness (QED) is 0.887. The van der Waals surface area contributed by atoms with Crippen molar-refractivity contribution in [2.75, 3.05) is 26.7 Å². The highest BCUT2D eigenvalue weighted by molar-refractivity contribution is 5.17. The zero-order valence-electron chi connectivity index (χ0n) is 14.4. The van der Waals surface area contributed by atoms with E-state index in [4.69, 9.17) is 0 Å². The van der Waals surface area contributed by atoms with Crippen LogP contribution in [-0.2, 0) is 6.42 Å². The highest BCUT2D eigenvalue weighted by Crippen LogP contribution is 2.28. The lowest BCUT2D eigenvalue weighted by Crippen LogP contribution is -2.45. The summed E-state index contributed by atoms with van der Waals surface area (Å²) in [5.74, 6) is 1.45. The van der Waals surface area contributed by atoms with E-state index in [1.165, 1.54) is 64.2 Å². The van der Waals surface area contributed by atoms with Crippen molar-refractivity contribution in [3.05, 3.63) is 35.6 Å². The largest absolute Gasteiger partial charge is 0.317 e. The lowest BCUT2D eigenvalue weighted by molar-refractivity contribution is 0.130. The van der Waals surface area contributed by atoms with Crippen LogP contribution in [0.5, 0.6) is 0 Å². The second-order valence-electron chi connectivity index (χ2n) is 7.52. The Labute approximate surface area is 140 Å². The van der Waals surface area contributed by atoms with Crippen molar-refractivity contribution >= 4 is 0 Å². The number of benzene rings is 1. The van der Waals surface area contributed by atoms with Gasteiger partial charge < -0.3 is 10.2 Å². The minimum Gasteiger partial charge on any atom is -0.317 e. The number of rotatable bonds is 5. The standard InChI is InChI=1S/C20H31FN2/c1-22-20-8-3-2-6-18(20)15-23-11-9-16(10-12-23)13-17-5-4-7-19(21)14-17/h4-5,7,14,16,18,20,22H,2-3,6,8-13,15H2,1H3/t18-,20+/m0/s1. The first kappa shape index (κ1) is 16.9. The van der Waals surface area contributed by atoms with Gasteiger partial charge in [0.05, 0.1) is 0 Å². The summed E-state index contributed by atoms with van der Waals surface area (Å²) in [4.78, 5) is 2.67. The molecule has 0 aromatic heterocycles. The van der Waals surface area contributed by atoms with Crippen molar-refractivity contribution < 1.29 is 4.39 Å². The SMILES string of the molecule is CN[C@@H]1CCCC[C@H]1CN1CCC(Cc2cccc(F)c2)CC1. The van der Waals surface area contributed by atoms with Crippen LogP contribution in [0.25, 0.3) is 0 Å². The number of halogens is 1. The monoisotopic (exact) mass is 318 g/mol. The normalized spacial score (nSPS) is 27.2. The zero-order valence-corrected chi connectivity index (χ0v) is 14.4. The Hall–Kier alpha value is -0.930. The molecule has 1 aliphatic carbocycles. The zero-order chi connectivity index (χ0) is 16.1. The summed E-state index contributed by atoms with van der Waals surface area (Å²) in [6.45, 7) is 3.69. The molecule has 2 aliphatic rings. The van der Waals surface area contributed by atoms with Gasteiger partial charge in [-0.15, -0.1) is 0 Å². The van der Waals surface area contributed by atoms with Crippen molar-refractivity contribution in [2.24, 2.45) is 11.8 Å². The maximum absolute atomic E-state index is 13.3. The van der Waals surface area contributed by atoms with E-state index in [1.54, 1.807) is 6.07 Å². The van der Waals surface area contributed by atoms with Crippen LogP contribution in [0.3, 0.4) is 0 Å². The van der Waals surface area contributed by atoms with E-state index in [2.05, 4.69) is 23.3 Å². The van der Waals surface area contributed by atoms with E-state index in [-0.39, 0.29) is 5.82 Å². The molecule has 1 aromatic rings. The van der Waals surface area contributed by atoms with Gasteiger partial charge in [0.15, 0.2) is 0 Å². The summed E-state index contributed by atoms with van der Waals surface area (Å²) in [7, 11) is 2.12. The van der Waals surface area contributed by atoms with Crippen LogP contribution in [0.1, 0.15) is 44.1 Å². The molecule has 23 heavy (non-hydrogen) atoms. The molecular weight excluding hydrogens is 287 g/mol. The van der Waals surface area contributed by atoms with Crippen LogP contribution in [0.4, 0.5) is 4.39 Å². The fraction of sp³-hybridized carbons (Fsp3) is 0.700. The summed E-state index contributed by atoms with van der Waals surface area (Å²) < 4.78 is 13.3. The summed E-state index contributed by atoms with van der Waals surface area (Å²) in [6.07, 6.45) is 9.07. The highest BCUT2D eigenvalue weighted by atomic mass is 19.1. The van der Waals surface area contributed by atoms with Crippen molar-refractivity contribution in [2.45, 2.75) is 51.0 Å². The van der Waals surface area contributed by atoms with E-state index < -0.39 is 0 Å². The Kier molecular flexibility index (Phi) is 6.07.